The van der Waals surface area contributed by atoms with Crippen molar-refractivity contribution < 1.29 is 4.79 Å². The van der Waals surface area contributed by atoms with Crippen LogP contribution in [0.25, 0.3) is 10.9 Å². The van der Waals surface area contributed by atoms with Crippen molar-refractivity contribution in [2.75, 3.05) is 13.1 Å². The van der Waals surface area contributed by atoms with Gasteiger partial charge in [-0.05, 0) is 37.9 Å². The molecule has 2 unspecified atom stereocenters. The van der Waals surface area contributed by atoms with Crippen molar-refractivity contribution in [2.24, 2.45) is 11.7 Å². The summed E-state index contributed by atoms with van der Waals surface area (Å²) in [6.07, 6.45) is 2.72. The molecule has 3 rings (SSSR count). The molecule has 1 fully saturated rings. The Bertz CT molecular complexity index is 635. The first-order valence-corrected chi connectivity index (χ1v) is 7.05. The molecule has 2 aromatic rings. The van der Waals surface area contributed by atoms with E-state index in [1.807, 2.05) is 35.2 Å². The average Bonchev–Trinajstić information content (AvgIpc) is 2.87. The lowest BCUT2D eigenvalue weighted by Gasteiger charge is -2.22. The Hall–Kier alpha value is -1.94. The minimum absolute atomic E-state index is 0.0674. The quantitative estimate of drug-likeness (QED) is 0.907. The first-order chi connectivity index (χ1) is 9.70. The molecule has 2 N–H and O–H groups in total. The molecule has 0 saturated carbocycles. The zero-order valence-corrected chi connectivity index (χ0v) is 11.6. The molecule has 1 aromatic carbocycles. The van der Waals surface area contributed by atoms with Crippen LogP contribution in [0.3, 0.4) is 0 Å². The van der Waals surface area contributed by atoms with Gasteiger partial charge in [0.25, 0.3) is 5.91 Å². The van der Waals surface area contributed by atoms with E-state index in [4.69, 9.17) is 5.73 Å². The van der Waals surface area contributed by atoms with E-state index in [2.05, 4.69) is 11.9 Å². The number of likely N-dealkylation sites (tertiary alicyclic amines) is 1. The molecule has 1 amide bonds. The Morgan fingerprint density at radius 1 is 1.40 bits per heavy atom. The molecule has 0 spiro atoms. The van der Waals surface area contributed by atoms with Gasteiger partial charge in [-0.3, -0.25) is 9.78 Å². The van der Waals surface area contributed by atoms with Crippen LogP contribution in [0.5, 0.6) is 0 Å². The van der Waals surface area contributed by atoms with Crippen LogP contribution in [0, 0.1) is 5.92 Å². The number of nitrogens with zero attached hydrogens (tertiary/aromatic N) is 2. The summed E-state index contributed by atoms with van der Waals surface area (Å²) in [5.74, 6) is 0.481. The maximum Gasteiger partial charge on any atom is 0.256 e. The first kappa shape index (κ1) is 13.1. The second-order valence-electron chi connectivity index (χ2n) is 5.52. The lowest BCUT2D eigenvalue weighted by atomic mass is 10.1. The number of para-hydroxylation sites is 1. The predicted molar refractivity (Wildman–Crippen MR) is 79.4 cm³/mol. The Kier molecular flexibility index (Phi) is 3.40. The molecule has 1 saturated heterocycles. The number of benzene rings is 1. The highest BCUT2D eigenvalue weighted by atomic mass is 16.2. The summed E-state index contributed by atoms with van der Waals surface area (Å²) in [5.41, 5.74) is 7.21. The number of nitrogens with two attached hydrogens (primary N) is 1. The van der Waals surface area contributed by atoms with Crippen LogP contribution in [-0.2, 0) is 0 Å². The minimum atomic E-state index is 0.0674. The van der Waals surface area contributed by atoms with Crippen LogP contribution in [0.15, 0.2) is 36.5 Å². The van der Waals surface area contributed by atoms with Gasteiger partial charge in [-0.25, -0.2) is 0 Å². The third-order valence-corrected chi connectivity index (χ3v) is 4.12. The molecule has 20 heavy (non-hydrogen) atoms. The highest BCUT2D eigenvalue weighted by molar-refractivity contribution is 6.05. The minimum Gasteiger partial charge on any atom is -0.336 e. The van der Waals surface area contributed by atoms with Gasteiger partial charge in [0.05, 0.1) is 11.1 Å². The third-order valence-electron chi connectivity index (χ3n) is 4.12. The Morgan fingerprint density at radius 2 is 2.20 bits per heavy atom. The van der Waals surface area contributed by atoms with E-state index in [0.717, 1.165) is 23.9 Å². The van der Waals surface area contributed by atoms with Gasteiger partial charge >= 0.3 is 0 Å². The summed E-state index contributed by atoms with van der Waals surface area (Å²) >= 11 is 0. The molecule has 0 bridgehead atoms. The highest BCUT2D eigenvalue weighted by Crippen LogP contribution is 2.26. The van der Waals surface area contributed by atoms with E-state index >= 15 is 0 Å². The summed E-state index contributed by atoms with van der Waals surface area (Å²) in [6, 6.07) is 9.87. The summed E-state index contributed by atoms with van der Waals surface area (Å²) in [7, 11) is 0. The molecule has 2 atom stereocenters. The van der Waals surface area contributed by atoms with Crippen LogP contribution in [0.4, 0.5) is 0 Å². The van der Waals surface area contributed by atoms with Crippen LogP contribution in [0.1, 0.15) is 23.7 Å². The third kappa shape index (κ3) is 2.16. The van der Waals surface area contributed by atoms with Crippen molar-refractivity contribution in [1.82, 2.24) is 9.88 Å². The maximum absolute atomic E-state index is 12.8. The molecule has 0 aliphatic carbocycles. The van der Waals surface area contributed by atoms with Crippen molar-refractivity contribution in [3.8, 4) is 0 Å². The average molecular weight is 269 g/mol. The van der Waals surface area contributed by atoms with Gasteiger partial charge in [0.15, 0.2) is 0 Å². The fourth-order valence-corrected chi connectivity index (χ4v) is 3.03. The van der Waals surface area contributed by atoms with Crippen molar-refractivity contribution in [1.29, 1.82) is 0 Å². The van der Waals surface area contributed by atoms with Crippen LogP contribution in [-0.4, -0.2) is 34.9 Å². The van der Waals surface area contributed by atoms with Gasteiger partial charge < -0.3 is 10.6 Å². The summed E-state index contributed by atoms with van der Waals surface area (Å²) in [6.45, 7) is 3.48. The molecule has 0 radical (unpaired) electrons. The van der Waals surface area contributed by atoms with Gasteiger partial charge in [-0.15, -0.1) is 0 Å². The van der Waals surface area contributed by atoms with Crippen LogP contribution < -0.4 is 5.73 Å². The van der Waals surface area contributed by atoms with Gasteiger partial charge in [-0.2, -0.15) is 0 Å². The normalized spacial score (nSPS) is 22.4. The number of aromatic nitrogens is 1. The number of hydrogen-bond acceptors (Lipinski definition) is 3. The number of pyridine rings is 1. The monoisotopic (exact) mass is 269 g/mol. The van der Waals surface area contributed by atoms with Crippen molar-refractivity contribution in [3.05, 3.63) is 42.1 Å². The standard InChI is InChI=1S/C16H19N3O/c1-11-8-12(9-17)10-19(11)16(20)14-6-2-4-13-5-3-7-18-15(13)14/h2-7,11-12H,8-10,17H2,1H3. The number of carbonyl (C=O) groups is 1. The molecule has 1 aliphatic heterocycles. The predicted octanol–water partition coefficient (Wildman–Crippen LogP) is 2.04. The van der Waals surface area contributed by atoms with Crippen molar-refractivity contribution in [2.45, 2.75) is 19.4 Å². The molecule has 1 aromatic heterocycles. The van der Waals surface area contributed by atoms with Crippen molar-refractivity contribution >= 4 is 16.8 Å². The largest absolute Gasteiger partial charge is 0.336 e. The Morgan fingerprint density at radius 3 is 2.95 bits per heavy atom. The molecular weight excluding hydrogens is 250 g/mol. The number of fused-ring (bicyclic) bond motifs is 1. The number of carbonyl (C=O) groups excluding carboxylic acids is 1. The molecular formula is C16H19N3O. The van der Waals surface area contributed by atoms with Crippen LogP contribution >= 0.6 is 0 Å². The summed E-state index contributed by atoms with van der Waals surface area (Å²) in [5, 5.41) is 1.00. The second-order valence-corrected chi connectivity index (χ2v) is 5.52. The summed E-state index contributed by atoms with van der Waals surface area (Å²) < 4.78 is 0. The zero-order chi connectivity index (χ0) is 14.1. The van der Waals surface area contributed by atoms with Crippen molar-refractivity contribution in [3.63, 3.8) is 0 Å². The Labute approximate surface area is 118 Å². The lowest BCUT2D eigenvalue weighted by Crippen LogP contribution is -2.34. The molecule has 4 nitrogen and oxygen atoms in total. The topological polar surface area (TPSA) is 59.2 Å². The second kappa shape index (κ2) is 5.21. The fraction of sp³-hybridized carbons (Fsp3) is 0.375. The Balaban J connectivity index is 1.97. The highest BCUT2D eigenvalue weighted by Gasteiger charge is 2.32. The van der Waals surface area contributed by atoms with Gasteiger partial charge in [-0.1, -0.05) is 18.2 Å². The maximum atomic E-state index is 12.8. The summed E-state index contributed by atoms with van der Waals surface area (Å²) in [4.78, 5) is 19.1. The first-order valence-electron chi connectivity index (χ1n) is 7.05. The number of rotatable bonds is 2. The van der Waals surface area contributed by atoms with E-state index in [0.29, 0.717) is 18.0 Å². The molecule has 1 aliphatic rings. The zero-order valence-electron chi connectivity index (χ0n) is 11.6. The van der Waals surface area contributed by atoms with Gasteiger partial charge in [0, 0.05) is 24.2 Å². The fourth-order valence-electron chi connectivity index (χ4n) is 3.03. The van der Waals surface area contributed by atoms with E-state index in [9.17, 15) is 4.79 Å². The van der Waals surface area contributed by atoms with E-state index in [1.165, 1.54) is 0 Å². The molecule has 4 heteroatoms. The van der Waals surface area contributed by atoms with E-state index < -0.39 is 0 Å². The number of hydrogen-bond donors (Lipinski definition) is 1. The van der Waals surface area contributed by atoms with Gasteiger partial charge in [0.2, 0.25) is 0 Å². The smallest absolute Gasteiger partial charge is 0.256 e. The van der Waals surface area contributed by atoms with E-state index in [1.54, 1.807) is 6.20 Å². The van der Waals surface area contributed by atoms with Crippen LogP contribution in [0.2, 0.25) is 0 Å². The van der Waals surface area contributed by atoms with E-state index in [-0.39, 0.29) is 11.9 Å². The number of amides is 1. The molecule has 2 heterocycles. The lowest BCUT2D eigenvalue weighted by molar-refractivity contribution is 0.0745. The molecule has 104 valence electrons. The SMILES string of the molecule is CC1CC(CN)CN1C(=O)c1cccc2cccnc12. The van der Waals surface area contributed by atoms with Gasteiger partial charge in [0.1, 0.15) is 0 Å².